The number of alkyl halides is 1. The Kier molecular flexibility index (Phi) is 2.57. The van der Waals surface area contributed by atoms with E-state index in [4.69, 9.17) is 11.6 Å². The highest BCUT2D eigenvalue weighted by atomic mass is 35.5. The predicted octanol–water partition coefficient (Wildman–Crippen LogP) is 2.09. The molecule has 0 saturated carbocycles. The Bertz CT molecular complexity index is 749. The summed E-state index contributed by atoms with van der Waals surface area (Å²) < 4.78 is 2.28. The summed E-state index contributed by atoms with van der Waals surface area (Å²) >= 11 is 7.10. The van der Waals surface area contributed by atoms with Crippen molar-refractivity contribution in [3.05, 3.63) is 40.4 Å². The van der Waals surface area contributed by atoms with Crippen LogP contribution in [0.5, 0.6) is 0 Å². The van der Waals surface area contributed by atoms with E-state index in [1.807, 2.05) is 18.2 Å². The van der Waals surface area contributed by atoms with Gasteiger partial charge in [0.2, 0.25) is 4.96 Å². The molecule has 0 unspecified atom stereocenters. The minimum Gasteiger partial charge on any atom is -0.267 e. The predicted molar refractivity (Wildman–Crippen MR) is 69.1 cm³/mol. The zero-order valence-corrected chi connectivity index (χ0v) is 10.3. The summed E-state index contributed by atoms with van der Waals surface area (Å²) in [6.45, 7) is 0. The minimum absolute atomic E-state index is 0.123. The quantitative estimate of drug-likeness (QED) is 0.667. The van der Waals surface area contributed by atoms with Crippen LogP contribution in [0.1, 0.15) is 5.82 Å². The highest BCUT2D eigenvalue weighted by Crippen LogP contribution is 2.18. The molecule has 0 aliphatic rings. The van der Waals surface area contributed by atoms with Gasteiger partial charge in [0, 0.05) is 17.0 Å². The summed E-state index contributed by atoms with van der Waals surface area (Å²) in [7, 11) is 0. The molecule has 2 aromatic heterocycles. The van der Waals surface area contributed by atoms with Crippen LogP contribution in [0.25, 0.3) is 15.0 Å². The van der Waals surface area contributed by atoms with Gasteiger partial charge in [-0.05, 0) is 12.1 Å². The van der Waals surface area contributed by atoms with E-state index in [9.17, 15) is 4.79 Å². The fourth-order valence-electron chi connectivity index (χ4n) is 1.67. The van der Waals surface area contributed by atoms with Gasteiger partial charge in [-0.2, -0.15) is 4.52 Å². The van der Waals surface area contributed by atoms with E-state index in [0.29, 0.717) is 28.5 Å². The standard InChI is InChI=1S/C11H8ClN3OS/c12-6-5-9-13-11-15(14-9)10(16)7-3-1-2-4-8(7)17-11/h1-4H,5-6H2. The van der Waals surface area contributed by atoms with Gasteiger partial charge in [0.1, 0.15) is 0 Å². The van der Waals surface area contributed by atoms with Crippen molar-refractivity contribution in [2.45, 2.75) is 6.42 Å². The number of rotatable bonds is 2. The largest absolute Gasteiger partial charge is 0.282 e. The lowest BCUT2D eigenvalue weighted by Crippen LogP contribution is -2.13. The van der Waals surface area contributed by atoms with Crippen LogP contribution in [0, 0.1) is 0 Å². The van der Waals surface area contributed by atoms with Gasteiger partial charge in [-0.15, -0.1) is 16.7 Å². The summed E-state index contributed by atoms with van der Waals surface area (Å²) in [4.78, 5) is 17.1. The summed E-state index contributed by atoms with van der Waals surface area (Å²) in [6.07, 6.45) is 0.575. The number of benzene rings is 1. The van der Waals surface area contributed by atoms with E-state index in [1.54, 1.807) is 6.07 Å². The van der Waals surface area contributed by atoms with Gasteiger partial charge in [-0.3, -0.25) is 4.79 Å². The maximum atomic E-state index is 12.1. The van der Waals surface area contributed by atoms with Crippen molar-refractivity contribution in [1.29, 1.82) is 0 Å². The second-order valence-electron chi connectivity index (χ2n) is 3.56. The molecule has 0 aliphatic heterocycles. The molecule has 17 heavy (non-hydrogen) atoms. The maximum absolute atomic E-state index is 12.1. The van der Waals surface area contributed by atoms with Gasteiger partial charge >= 0.3 is 0 Å². The molecule has 86 valence electrons. The number of halogens is 1. The molecule has 3 aromatic rings. The van der Waals surface area contributed by atoms with Gasteiger partial charge in [0.25, 0.3) is 5.56 Å². The lowest BCUT2D eigenvalue weighted by Gasteiger charge is -1.94. The van der Waals surface area contributed by atoms with E-state index < -0.39 is 0 Å². The molecule has 0 bridgehead atoms. The molecule has 0 spiro atoms. The molecule has 6 heteroatoms. The summed E-state index contributed by atoms with van der Waals surface area (Å²) in [5.41, 5.74) is -0.123. The molecule has 1 aromatic carbocycles. The SMILES string of the molecule is O=c1c2ccccc2sc2nc(CCCl)nn12. The average molecular weight is 266 g/mol. The Hall–Kier alpha value is -1.46. The van der Waals surface area contributed by atoms with E-state index in [0.717, 1.165) is 4.70 Å². The first-order chi connectivity index (χ1) is 8.29. The van der Waals surface area contributed by atoms with Crippen molar-refractivity contribution in [2.75, 3.05) is 5.88 Å². The molecule has 0 N–H and O–H groups in total. The number of aryl methyl sites for hydroxylation is 1. The Morgan fingerprint density at radius 2 is 2.18 bits per heavy atom. The van der Waals surface area contributed by atoms with Crippen LogP contribution in [0.3, 0.4) is 0 Å². The van der Waals surface area contributed by atoms with E-state index in [2.05, 4.69) is 10.1 Å². The average Bonchev–Trinajstić information content (AvgIpc) is 2.73. The van der Waals surface area contributed by atoms with Crippen LogP contribution >= 0.6 is 22.9 Å². The molecule has 0 fully saturated rings. The van der Waals surface area contributed by atoms with Gasteiger partial charge in [0.15, 0.2) is 5.82 Å². The second-order valence-corrected chi connectivity index (χ2v) is 4.95. The van der Waals surface area contributed by atoms with Gasteiger partial charge in [0.05, 0.1) is 5.39 Å². The number of nitrogens with zero attached hydrogens (tertiary/aromatic N) is 3. The lowest BCUT2D eigenvalue weighted by atomic mass is 10.3. The van der Waals surface area contributed by atoms with Crippen molar-refractivity contribution < 1.29 is 0 Å². The third-order valence-electron chi connectivity index (χ3n) is 2.45. The smallest absolute Gasteiger partial charge is 0.267 e. The Morgan fingerprint density at radius 1 is 1.35 bits per heavy atom. The molecule has 0 atom stereocenters. The van der Waals surface area contributed by atoms with E-state index >= 15 is 0 Å². The first kappa shape index (κ1) is 10.7. The summed E-state index contributed by atoms with van der Waals surface area (Å²) in [6, 6.07) is 7.47. The zero-order valence-electron chi connectivity index (χ0n) is 8.76. The monoisotopic (exact) mass is 265 g/mol. The lowest BCUT2D eigenvalue weighted by molar-refractivity contribution is 0.873. The second kappa shape index (κ2) is 4.09. The molecule has 0 aliphatic carbocycles. The summed E-state index contributed by atoms with van der Waals surface area (Å²) in [5.74, 6) is 1.07. The number of fused-ring (bicyclic) bond motifs is 2. The third-order valence-corrected chi connectivity index (χ3v) is 3.66. The molecule has 0 saturated heterocycles. The minimum atomic E-state index is -0.123. The normalized spacial score (nSPS) is 11.4. The molecule has 4 nitrogen and oxygen atoms in total. The molecule has 0 amide bonds. The fourth-order valence-corrected chi connectivity index (χ4v) is 2.81. The van der Waals surface area contributed by atoms with Crippen LogP contribution in [0.2, 0.25) is 0 Å². The zero-order chi connectivity index (χ0) is 11.8. The van der Waals surface area contributed by atoms with Crippen molar-refractivity contribution in [1.82, 2.24) is 14.6 Å². The van der Waals surface area contributed by atoms with Crippen molar-refractivity contribution in [3.63, 3.8) is 0 Å². The Morgan fingerprint density at radius 3 is 3.00 bits per heavy atom. The Balaban J connectivity index is 2.39. The topological polar surface area (TPSA) is 47.3 Å². The maximum Gasteiger partial charge on any atom is 0.282 e. The molecular weight excluding hydrogens is 258 g/mol. The van der Waals surface area contributed by atoms with Crippen LogP contribution in [-0.2, 0) is 6.42 Å². The van der Waals surface area contributed by atoms with Crippen LogP contribution < -0.4 is 5.56 Å². The van der Waals surface area contributed by atoms with Crippen LogP contribution in [0.4, 0.5) is 0 Å². The number of aromatic nitrogens is 3. The van der Waals surface area contributed by atoms with Gasteiger partial charge in [-0.25, -0.2) is 4.98 Å². The van der Waals surface area contributed by atoms with Crippen molar-refractivity contribution in [3.8, 4) is 0 Å². The van der Waals surface area contributed by atoms with Gasteiger partial charge in [-0.1, -0.05) is 23.5 Å². The van der Waals surface area contributed by atoms with Crippen molar-refractivity contribution in [2.24, 2.45) is 0 Å². The number of hydrogen-bond acceptors (Lipinski definition) is 4. The van der Waals surface area contributed by atoms with Crippen LogP contribution in [-0.4, -0.2) is 20.5 Å². The van der Waals surface area contributed by atoms with Crippen LogP contribution in [0.15, 0.2) is 29.1 Å². The molecule has 0 radical (unpaired) electrons. The highest BCUT2D eigenvalue weighted by Gasteiger charge is 2.09. The van der Waals surface area contributed by atoms with E-state index in [-0.39, 0.29) is 5.56 Å². The van der Waals surface area contributed by atoms with E-state index in [1.165, 1.54) is 15.9 Å². The molecular formula is C11H8ClN3OS. The summed E-state index contributed by atoms with van der Waals surface area (Å²) in [5, 5.41) is 4.84. The fraction of sp³-hybridized carbons (Fsp3) is 0.182. The van der Waals surface area contributed by atoms with Gasteiger partial charge < -0.3 is 0 Å². The first-order valence-electron chi connectivity index (χ1n) is 5.13. The molecule has 3 rings (SSSR count). The number of hydrogen-bond donors (Lipinski definition) is 0. The third kappa shape index (κ3) is 1.71. The molecule has 2 heterocycles. The first-order valence-corrected chi connectivity index (χ1v) is 6.48. The Labute approximate surface area is 105 Å². The highest BCUT2D eigenvalue weighted by molar-refractivity contribution is 7.23. The van der Waals surface area contributed by atoms with Crippen molar-refractivity contribution >= 4 is 38.0 Å².